The molecule has 0 N–H and O–H groups in total. The van der Waals surface area contributed by atoms with Gasteiger partial charge in [0.1, 0.15) is 18.5 Å². The van der Waals surface area contributed by atoms with Crippen LogP contribution >= 0.6 is 11.9 Å². The Balaban J connectivity index is 1.74. The van der Waals surface area contributed by atoms with Gasteiger partial charge in [0.05, 0.1) is 12.2 Å². The topological polar surface area (TPSA) is 44.8 Å². The molecule has 2 aliphatic rings. The molecular formula is C8H11ClO4. The van der Waals surface area contributed by atoms with E-state index in [1.807, 2.05) is 0 Å². The Morgan fingerprint density at radius 3 is 2.92 bits per heavy atom. The molecule has 0 radical (unpaired) electrons. The number of carbonyl (C=O) groups excluding carboxylic acids is 1. The largest absolute Gasteiger partial charge is 0.526 e. The minimum absolute atomic E-state index is 0.271. The molecule has 2 heterocycles. The van der Waals surface area contributed by atoms with Crippen molar-refractivity contribution in [1.29, 1.82) is 0 Å². The van der Waals surface area contributed by atoms with Crippen LogP contribution in [0.2, 0.25) is 0 Å². The smallest absolute Gasteiger partial charge is 0.433 e. The van der Waals surface area contributed by atoms with Gasteiger partial charge in [-0.05, 0) is 19.3 Å². The van der Waals surface area contributed by atoms with Crippen LogP contribution in [0.3, 0.4) is 0 Å². The van der Waals surface area contributed by atoms with Crippen LogP contribution in [0.1, 0.15) is 19.3 Å². The van der Waals surface area contributed by atoms with Crippen molar-refractivity contribution in [3.63, 3.8) is 0 Å². The maximum absolute atomic E-state index is 10.6. The summed E-state index contributed by atoms with van der Waals surface area (Å²) < 4.78 is 14.2. The van der Waals surface area contributed by atoms with Crippen LogP contribution in [0, 0.1) is 5.92 Å². The second-order valence-electron chi connectivity index (χ2n) is 3.51. The Morgan fingerprint density at radius 2 is 2.38 bits per heavy atom. The summed E-state index contributed by atoms with van der Waals surface area (Å²) in [6.45, 7) is 0.354. The third-order valence-corrected chi connectivity index (χ3v) is 2.84. The Morgan fingerprint density at radius 1 is 1.54 bits per heavy atom. The van der Waals surface area contributed by atoms with Gasteiger partial charge in [-0.25, -0.2) is 4.79 Å². The molecule has 0 amide bonds. The van der Waals surface area contributed by atoms with Crippen LogP contribution in [-0.2, 0) is 13.8 Å². The summed E-state index contributed by atoms with van der Waals surface area (Å²) in [7, 11) is 0. The Labute approximate surface area is 81.3 Å². The van der Waals surface area contributed by atoms with Crippen molar-refractivity contribution in [2.24, 2.45) is 5.92 Å². The molecule has 2 saturated heterocycles. The van der Waals surface area contributed by atoms with Gasteiger partial charge < -0.3 is 13.8 Å². The summed E-state index contributed by atoms with van der Waals surface area (Å²) in [5.41, 5.74) is 0. The molecule has 3 atom stereocenters. The molecule has 0 aromatic carbocycles. The molecule has 5 heteroatoms. The minimum atomic E-state index is -0.829. The van der Waals surface area contributed by atoms with E-state index >= 15 is 0 Å². The van der Waals surface area contributed by atoms with Crippen LogP contribution in [-0.4, -0.2) is 25.0 Å². The lowest BCUT2D eigenvalue weighted by Gasteiger charge is -2.17. The van der Waals surface area contributed by atoms with Crippen LogP contribution in [0.5, 0.6) is 0 Å². The number of halogens is 1. The van der Waals surface area contributed by atoms with Crippen molar-refractivity contribution in [1.82, 2.24) is 0 Å². The van der Waals surface area contributed by atoms with Crippen LogP contribution < -0.4 is 0 Å². The zero-order chi connectivity index (χ0) is 9.26. The second-order valence-corrected chi connectivity index (χ2v) is 3.66. The summed E-state index contributed by atoms with van der Waals surface area (Å²) >= 11 is 4.81. The van der Waals surface area contributed by atoms with Gasteiger partial charge in [0.15, 0.2) is 0 Å². The Hall–Kier alpha value is -0.480. The van der Waals surface area contributed by atoms with Gasteiger partial charge in [-0.2, -0.15) is 0 Å². The molecule has 13 heavy (non-hydrogen) atoms. The SMILES string of the molecule is O=C(OCl)OCC1CC2CCC1O2. The Kier molecular flexibility index (Phi) is 2.60. The van der Waals surface area contributed by atoms with E-state index in [9.17, 15) is 4.79 Å². The Bertz CT molecular complexity index is 208. The molecule has 3 unspecified atom stereocenters. The van der Waals surface area contributed by atoms with Gasteiger partial charge in [0.2, 0.25) is 0 Å². The molecule has 0 spiro atoms. The van der Waals surface area contributed by atoms with Crippen molar-refractivity contribution in [2.75, 3.05) is 6.61 Å². The van der Waals surface area contributed by atoms with E-state index in [1.54, 1.807) is 0 Å². The number of carbonyl (C=O) groups is 1. The van der Waals surface area contributed by atoms with Gasteiger partial charge >= 0.3 is 6.16 Å². The average Bonchev–Trinajstić information content (AvgIpc) is 2.74. The molecule has 2 rings (SSSR count). The predicted molar refractivity (Wildman–Crippen MR) is 44.3 cm³/mol. The van der Waals surface area contributed by atoms with E-state index in [4.69, 9.17) is 21.3 Å². The van der Waals surface area contributed by atoms with Gasteiger partial charge in [0, 0.05) is 5.92 Å². The lowest BCUT2D eigenvalue weighted by molar-refractivity contribution is 0.0563. The molecule has 2 bridgehead atoms. The highest BCUT2D eigenvalue weighted by Crippen LogP contribution is 2.38. The highest BCUT2D eigenvalue weighted by atomic mass is 35.5. The maximum atomic E-state index is 10.6. The number of hydrogen-bond acceptors (Lipinski definition) is 4. The first-order valence-electron chi connectivity index (χ1n) is 4.40. The van der Waals surface area contributed by atoms with Crippen LogP contribution in [0.4, 0.5) is 4.79 Å². The normalized spacial score (nSPS) is 36.2. The molecule has 2 fully saturated rings. The molecule has 4 nitrogen and oxygen atoms in total. The summed E-state index contributed by atoms with van der Waals surface area (Å²) in [5.74, 6) is 0.328. The van der Waals surface area contributed by atoms with Crippen molar-refractivity contribution >= 4 is 18.0 Å². The number of fused-ring (bicyclic) bond motifs is 2. The van der Waals surface area contributed by atoms with Crippen LogP contribution in [0.25, 0.3) is 0 Å². The van der Waals surface area contributed by atoms with Crippen molar-refractivity contribution < 1.29 is 18.6 Å². The maximum Gasteiger partial charge on any atom is 0.526 e. The molecule has 0 saturated carbocycles. The molecular weight excluding hydrogens is 196 g/mol. The van der Waals surface area contributed by atoms with E-state index < -0.39 is 6.16 Å². The van der Waals surface area contributed by atoms with Gasteiger partial charge in [-0.15, -0.1) is 0 Å². The minimum Gasteiger partial charge on any atom is -0.433 e. The highest BCUT2D eigenvalue weighted by molar-refractivity contribution is 6.12. The first kappa shape index (κ1) is 9.09. The third kappa shape index (κ3) is 1.89. The summed E-state index contributed by atoms with van der Waals surface area (Å²) in [4.78, 5) is 10.6. The standard InChI is InChI=1S/C8H11ClO4/c9-13-8(10)11-4-5-3-6-1-2-7(5)12-6/h5-7H,1-4H2. The van der Waals surface area contributed by atoms with E-state index in [0.717, 1.165) is 19.3 Å². The highest BCUT2D eigenvalue weighted by Gasteiger charge is 2.41. The lowest BCUT2D eigenvalue weighted by atomic mass is 9.90. The van der Waals surface area contributed by atoms with E-state index in [-0.39, 0.29) is 6.10 Å². The summed E-state index contributed by atoms with van der Waals surface area (Å²) in [5, 5.41) is 0. The summed E-state index contributed by atoms with van der Waals surface area (Å²) in [6, 6.07) is 0. The molecule has 0 aromatic rings. The third-order valence-electron chi connectivity index (χ3n) is 2.71. The van der Waals surface area contributed by atoms with E-state index in [1.165, 1.54) is 0 Å². The van der Waals surface area contributed by atoms with Crippen molar-refractivity contribution in [3.05, 3.63) is 0 Å². The first-order valence-corrected chi connectivity index (χ1v) is 4.71. The zero-order valence-electron chi connectivity index (χ0n) is 7.07. The first-order chi connectivity index (χ1) is 6.29. The predicted octanol–water partition coefficient (Wildman–Crippen LogP) is 1.86. The molecule has 0 aliphatic carbocycles. The van der Waals surface area contributed by atoms with Crippen LogP contribution in [0.15, 0.2) is 0 Å². The fourth-order valence-electron chi connectivity index (χ4n) is 2.12. The monoisotopic (exact) mass is 206 g/mol. The molecule has 0 aromatic heterocycles. The number of hydrogen-bond donors (Lipinski definition) is 0. The number of ether oxygens (including phenoxy) is 2. The lowest BCUT2D eigenvalue weighted by Crippen LogP contribution is -2.23. The zero-order valence-corrected chi connectivity index (χ0v) is 7.83. The van der Waals surface area contributed by atoms with Gasteiger partial charge in [-0.3, -0.25) is 0 Å². The van der Waals surface area contributed by atoms with E-state index in [0.29, 0.717) is 18.6 Å². The van der Waals surface area contributed by atoms with E-state index in [2.05, 4.69) is 4.29 Å². The van der Waals surface area contributed by atoms with Gasteiger partial charge in [-0.1, -0.05) is 0 Å². The van der Waals surface area contributed by atoms with Crippen molar-refractivity contribution in [3.8, 4) is 0 Å². The van der Waals surface area contributed by atoms with Crippen molar-refractivity contribution in [2.45, 2.75) is 31.5 Å². The quantitative estimate of drug-likeness (QED) is 0.647. The number of rotatable bonds is 2. The molecule has 2 aliphatic heterocycles. The van der Waals surface area contributed by atoms with Gasteiger partial charge in [0.25, 0.3) is 0 Å². The second kappa shape index (κ2) is 3.72. The summed E-state index contributed by atoms with van der Waals surface area (Å²) in [6.07, 6.45) is 3.03. The fraction of sp³-hybridized carbons (Fsp3) is 0.875. The molecule has 74 valence electrons. The average molecular weight is 207 g/mol. The fourth-order valence-corrected chi connectivity index (χ4v) is 2.16.